The van der Waals surface area contributed by atoms with Gasteiger partial charge in [0.1, 0.15) is 9.09 Å². The molecule has 2 N–H and O–H groups in total. The molecule has 0 saturated carbocycles. The van der Waals surface area contributed by atoms with Crippen LogP contribution in [0.4, 0.5) is 13.2 Å². The number of rotatable bonds is 5. The number of hydrogen-bond acceptors (Lipinski definition) is 5. The maximum absolute atomic E-state index is 11.7. The molecule has 0 fully saturated rings. The Balaban J connectivity index is 2.71. The van der Waals surface area contributed by atoms with Crippen molar-refractivity contribution in [3.05, 3.63) is 17.0 Å². The second-order valence-corrected chi connectivity index (χ2v) is 5.87. The molecule has 0 aliphatic rings. The molecule has 102 valence electrons. The van der Waals surface area contributed by atoms with Gasteiger partial charge in [-0.05, 0) is 12.1 Å². The van der Waals surface area contributed by atoms with Gasteiger partial charge in [0.05, 0.1) is 0 Å². The molecule has 0 bridgehead atoms. The van der Waals surface area contributed by atoms with Crippen LogP contribution in [0.15, 0.2) is 16.3 Å². The predicted octanol–water partition coefficient (Wildman–Crippen LogP) is 1.22. The molecular formula is C7H6F3NO5S2. The summed E-state index contributed by atoms with van der Waals surface area (Å²) in [4.78, 5) is 15.3. The fraction of sp³-hybridized carbons (Fsp3) is 0.286. The first kappa shape index (κ1) is 14.9. The van der Waals surface area contributed by atoms with E-state index in [0.717, 1.165) is 12.1 Å². The minimum Gasteiger partial charge on any atom is -0.477 e. The molecule has 1 rings (SSSR count). The Kier molecular flexibility index (Phi) is 4.32. The minimum atomic E-state index is -4.68. The number of nitrogens with one attached hydrogen (secondary N) is 1. The highest BCUT2D eigenvalue weighted by Crippen LogP contribution is 2.21. The van der Waals surface area contributed by atoms with E-state index in [4.69, 9.17) is 5.11 Å². The summed E-state index contributed by atoms with van der Waals surface area (Å²) in [6, 6.07) is 1.97. The minimum absolute atomic E-state index is 0.258. The van der Waals surface area contributed by atoms with Crippen LogP contribution in [0.2, 0.25) is 0 Å². The third-order valence-corrected chi connectivity index (χ3v) is 4.24. The van der Waals surface area contributed by atoms with Crippen molar-refractivity contribution in [2.75, 3.05) is 6.61 Å². The van der Waals surface area contributed by atoms with Crippen LogP contribution in [0.5, 0.6) is 0 Å². The Hall–Kier alpha value is -1.17. The number of aromatic carboxylic acids is 1. The van der Waals surface area contributed by atoms with Crippen molar-refractivity contribution in [3.8, 4) is 0 Å². The number of carboxylic acid groups (broad SMARTS) is 1. The average molecular weight is 305 g/mol. The van der Waals surface area contributed by atoms with Gasteiger partial charge in [-0.1, -0.05) is 4.89 Å². The van der Waals surface area contributed by atoms with Crippen LogP contribution in [0, 0.1) is 0 Å². The first-order valence-electron chi connectivity index (χ1n) is 4.15. The van der Waals surface area contributed by atoms with E-state index in [1.54, 1.807) is 0 Å². The largest absolute Gasteiger partial charge is 0.477 e. The number of halogens is 3. The molecule has 0 spiro atoms. The summed E-state index contributed by atoms with van der Waals surface area (Å²) in [5, 5.41) is 8.56. The summed E-state index contributed by atoms with van der Waals surface area (Å²) in [5.41, 5.74) is 0. The Morgan fingerprint density at radius 1 is 1.44 bits per heavy atom. The SMILES string of the molecule is O=C(O)c1ccc(S(=O)(=O)NOCC(F)(F)F)s1. The zero-order valence-electron chi connectivity index (χ0n) is 8.39. The number of thiophene rings is 1. The fourth-order valence-corrected chi connectivity index (χ4v) is 2.74. The molecule has 18 heavy (non-hydrogen) atoms. The van der Waals surface area contributed by atoms with Gasteiger partial charge < -0.3 is 5.11 Å². The highest BCUT2D eigenvalue weighted by molar-refractivity contribution is 7.91. The van der Waals surface area contributed by atoms with E-state index in [1.807, 2.05) is 0 Å². The molecule has 0 saturated heterocycles. The van der Waals surface area contributed by atoms with Gasteiger partial charge in [0.2, 0.25) is 0 Å². The first-order chi connectivity index (χ1) is 8.12. The summed E-state index contributed by atoms with van der Waals surface area (Å²) in [5.74, 6) is -1.34. The van der Waals surface area contributed by atoms with E-state index in [2.05, 4.69) is 4.84 Å². The number of carbonyl (C=O) groups is 1. The Labute approximate surface area is 103 Å². The van der Waals surface area contributed by atoms with Crippen LogP contribution in [0.3, 0.4) is 0 Å². The lowest BCUT2D eigenvalue weighted by molar-refractivity contribution is -0.181. The fourth-order valence-electron chi connectivity index (χ4n) is 0.809. The Bertz CT molecular complexity index is 536. The molecule has 0 radical (unpaired) electrons. The average Bonchev–Trinajstić information content (AvgIpc) is 2.63. The van der Waals surface area contributed by atoms with Gasteiger partial charge in [0.15, 0.2) is 6.61 Å². The summed E-state index contributed by atoms with van der Waals surface area (Å²) >= 11 is 0.395. The van der Waals surface area contributed by atoms with E-state index in [-0.39, 0.29) is 4.88 Å². The van der Waals surface area contributed by atoms with E-state index >= 15 is 0 Å². The lowest BCUT2D eigenvalue weighted by Gasteiger charge is -2.07. The van der Waals surface area contributed by atoms with Crippen LogP contribution in [0.25, 0.3) is 0 Å². The van der Waals surface area contributed by atoms with E-state index in [9.17, 15) is 26.4 Å². The van der Waals surface area contributed by atoms with Gasteiger partial charge in [-0.2, -0.15) is 13.2 Å². The molecule has 0 aromatic carbocycles. The summed E-state index contributed by atoms with van der Waals surface area (Å²) < 4.78 is 57.4. The smallest absolute Gasteiger partial charge is 0.413 e. The molecule has 11 heteroatoms. The van der Waals surface area contributed by atoms with E-state index in [1.165, 1.54) is 4.89 Å². The van der Waals surface area contributed by atoms with Crippen molar-refractivity contribution in [2.45, 2.75) is 10.4 Å². The number of alkyl halides is 3. The van der Waals surface area contributed by atoms with Gasteiger partial charge in [0.25, 0.3) is 10.0 Å². The molecular weight excluding hydrogens is 299 g/mol. The second kappa shape index (κ2) is 5.22. The van der Waals surface area contributed by atoms with Crippen molar-refractivity contribution in [1.29, 1.82) is 0 Å². The van der Waals surface area contributed by atoms with Gasteiger partial charge in [-0.15, -0.1) is 11.3 Å². The third kappa shape index (κ3) is 4.25. The van der Waals surface area contributed by atoms with Crippen LogP contribution in [-0.4, -0.2) is 32.3 Å². The highest BCUT2D eigenvalue weighted by atomic mass is 32.2. The van der Waals surface area contributed by atoms with E-state index in [0.29, 0.717) is 11.3 Å². The molecule has 0 aliphatic heterocycles. The van der Waals surface area contributed by atoms with Crippen LogP contribution >= 0.6 is 11.3 Å². The maximum Gasteiger partial charge on any atom is 0.413 e. The van der Waals surface area contributed by atoms with Gasteiger partial charge in [0, 0.05) is 0 Å². The molecule has 0 aliphatic carbocycles. The molecule has 0 unspecified atom stereocenters. The van der Waals surface area contributed by atoms with Crippen LogP contribution in [0.1, 0.15) is 9.67 Å². The van der Waals surface area contributed by atoms with Gasteiger partial charge in [-0.25, -0.2) is 13.2 Å². The van der Waals surface area contributed by atoms with Crippen molar-refractivity contribution >= 4 is 27.3 Å². The van der Waals surface area contributed by atoms with Crippen molar-refractivity contribution in [2.24, 2.45) is 0 Å². The maximum atomic E-state index is 11.7. The zero-order chi connectivity index (χ0) is 14.0. The first-order valence-corrected chi connectivity index (χ1v) is 6.45. The van der Waals surface area contributed by atoms with Crippen molar-refractivity contribution in [1.82, 2.24) is 4.89 Å². The topological polar surface area (TPSA) is 92.7 Å². The number of sulfonamides is 1. The highest BCUT2D eigenvalue weighted by Gasteiger charge is 2.29. The lowest BCUT2D eigenvalue weighted by Crippen LogP contribution is -2.29. The molecule has 1 aromatic heterocycles. The normalized spacial score (nSPS) is 12.6. The second-order valence-electron chi connectivity index (χ2n) is 2.91. The zero-order valence-corrected chi connectivity index (χ0v) is 10.0. The third-order valence-electron chi connectivity index (χ3n) is 1.46. The lowest BCUT2D eigenvalue weighted by atomic mass is 10.5. The van der Waals surface area contributed by atoms with Crippen LogP contribution < -0.4 is 4.89 Å². The monoisotopic (exact) mass is 305 g/mol. The molecule has 1 heterocycles. The molecule has 1 aromatic rings. The Morgan fingerprint density at radius 3 is 2.50 bits per heavy atom. The standard InChI is InChI=1S/C7H6F3NO5S2/c8-7(9,10)3-16-11-18(14,15)5-2-1-4(17-5)6(12)13/h1-2,11H,3H2,(H,12,13). The summed E-state index contributed by atoms with van der Waals surface area (Å²) in [7, 11) is -4.31. The van der Waals surface area contributed by atoms with Crippen LogP contribution in [-0.2, 0) is 14.9 Å². The number of carboxylic acids is 1. The van der Waals surface area contributed by atoms with Gasteiger partial charge >= 0.3 is 12.1 Å². The quantitative estimate of drug-likeness (QED) is 0.798. The molecule has 0 amide bonds. The molecule has 6 nitrogen and oxygen atoms in total. The summed E-state index contributed by atoms with van der Waals surface area (Å²) in [6.45, 7) is -1.79. The number of hydrogen-bond donors (Lipinski definition) is 2. The Morgan fingerprint density at radius 2 is 2.06 bits per heavy atom. The molecule has 0 atom stereocenters. The van der Waals surface area contributed by atoms with Crippen molar-refractivity contribution in [3.63, 3.8) is 0 Å². The predicted molar refractivity (Wildman–Crippen MR) is 53.6 cm³/mol. The van der Waals surface area contributed by atoms with E-state index < -0.39 is 33.0 Å². The van der Waals surface area contributed by atoms with Crippen molar-refractivity contribution < 1.29 is 36.3 Å². The van der Waals surface area contributed by atoms with Gasteiger partial charge in [-0.3, -0.25) is 4.84 Å². The summed E-state index contributed by atoms with van der Waals surface area (Å²) in [6.07, 6.45) is -4.68.